The molecule has 0 aliphatic carbocycles. The highest BCUT2D eigenvalue weighted by Gasteiger charge is 2.35. The summed E-state index contributed by atoms with van der Waals surface area (Å²) in [6.45, 7) is 1.83. The van der Waals surface area contributed by atoms with Crippen LogP contribution in [0.1, 0.15) is 25.7 Å². The second-order valence-electron chi connectivity index (χ2n) is 5.86. The van der Waals surface area contributed by atoms with Gasteiger partial charge in [-0.15, -0.1) is 11.3 Å². The van der Waals surface area contributed by atoms with Crippen molar-refractivity contribution in [2.75, 3.05) is 18.0 Å². The van der Waals surface area contributed by atoms with Gasteiger partial charge in [0.1, 0.15) is 17.0 Å². The Bertz CT molecular complexity index is 670. The number of fused-ring (bicyclic) bond motifs is 1. The molecule has 0 spiro atoms. The fourth-order valence-corrected chi connectivity index (χ4v) is 4.34. The third-order valence-corrected chi connectivity index (χ3v) is 5.44. The lowest BCUT2D eigenvalue weighted by Gasteiger charge is -2.39. The van der Waals surface area contributed by atoms with Gasteiger partial charge in [0.25, 0.3) is 0 Å². The van der Waals surface area contributed by atoms with E-state index in [0.717, 1.165) is 35.5 Å². The highest BCUT2D eigenvalue weighted by molar-refractivity contribution is 7.16. The number of carbonyl (C=O) groups is 1. The van der Waals surface area contributed by atoms with Gasteiger partial charge in [-0.3, -0.25) is 4.79 Å². The molecule has 21 heavy (non-hydrogen) atoms. The molecule has 1 amide bonds. The molecule has 0 radical (unpaired) electrons. The van der Waals surface area contributed by atoms with Crippen LogP contribution in [0.3, 0.4) is 0 Å². The largest absolute Gasteiger partial charge is 0.356 e. The van der Waals surface area contributed by atoms with Crippen LogP contribution in [0, 0.1) is 5.92 Å². The fraction of sp³-hybridized carbons (Fsp3) is 0.533. The molecular weight excluding hydrogens is 284 g/mol. The zero-order valence-electron chi connectivity index (χ0n) is 11.8. The van der Waals surface area contributed by atoms with E-state index in [1.807, 2.05) is 0 Å². The first-order valence-corrected chi connectivity index (χ1v) is 8.42. The molecule has 4 heterocycles. The number of hydrogen-bond donors (Lipinski definition) is 1. The van der Waals surface area contributed by atoms with Gasteiger partial charge in [0, 0.05) is 31.5 Å². The smallest absolute Gasteiger partial charge is 0.220 e. The zero-order valence-corrected chi connectivity index (χ0v) is 12.6. The quantitative estimate of drug-likeness (QED) is 0.924. The van der Waals surface area contributed by atoms with Crippen molar-refractivity contribution in [2.24, 2.45) is 5.92 Å². The fourth-order valence-electron chi connectivity index (χ4n) is 3.62. The molecule has 4 rings (SSSR count). The van der Waals surface area contributed by atoms with E-state index in [1.165, 1.54) is 12.8 Å². The first-order chi connectivity index (χ1) is 10.3. The van der Waals surface area contributed by atoms with Crippen molar-refractivity contribution in [3.05, 3.63) is 17.8 Å². The molecule has 2 fully saturated rings. The molecule has 6 heteroatoms. The summed E-state index contributed by atoms with van der Waals surface area (Å²) >= 11 is 1.66. The average Bonchev–Trinajstić information content (AvgIpc) is 3.15. The average molecular weight is 302 g/mol. The van der Waals surface area contributed by atoms with Crippen LogP contribution in [-0.4, -0.2) is 35.0 Å². The summed E-state index contributed by atoms with van der Waals surface area (Å²) in [6.07, 6.45) is 5.90. The lowest BCUT2D eigenvalue weighted by atomic mass is 9.89. The molecule has 0 unspecified atom stereocenters. The Hall–Kier alpha value is -1.69. The van der Waals surface area contributed by atoms with Crippen LogP contribution in [0.5, 0.6) is 0 Å². The van der Waals surface area contributed by atoms with Crippen LogP contribution in [0.4, 0.5) is 5.82 Å². The van der Waals surface area contributed by atoms with Gasteiger partial charge in [-0.2, -0.15) is 0 Å². The van der Waals surface area contributed by atoms with E-state index in [0.29, 0.717) is 18.4 Å². The summed E-state index contributed by atoms with van der Waals surface area (Å²) in [4.78, 5) is 23.9. The van der Waals surface area contributed by atoms with Gasteiger partial charge in [-0.1, -0.05) is 0 Å². The highest BCUT2D eigenvalue weighted by Crippen LogP contribution is 2.34. The number of carbonyl (C=O) groups excluding carboxylic acids is 1. The first-order valence-electron chi connectivity index (χ1n) is 7.54. The van der Waals surface area contributed by atoms with E-state index in [-0.39, 0.29) is 5.91 Å². The summed E-state index contributed by atoms with van der Waals surface area (Å²) in [5.41, 5.74) is 0. The second-order valence-corrected chi connectivity index (χ2v) is 6.76. The molecule has 1 N–H and O–H groups in total. The minimum absolute atomic E-state index is 0.189. The number of hydrogen-bond acceptors (Lipinski definition) is 5. The summed E-state index contributed by atoms with van der Waals surface area (Å²) in [7, 11) is 0. The number of piperidine rings is 1. The van der Waals surface area contributed by atoms with E-state index in [9.17, 15) is 4.79 Å². The molecule has 2 aromatic rings. The van der Waals surface area contributed by atoms with E-state index in [1.54, 1.807) is 17.7 Å². The van der Waals surface area contributed by atoms with Crippen molar-refractivity contribution in [3.8, 4) is 0 Å². The van der Waals surface area contributed by atoms with Gasteiger partial charge in [0.15, 0.2) is 0 Å². The monoisotopic (exact) mass is 302 g/mol. The SMILES string of the molecule is O=C1C[C@@H]([C@@H]2CCCCN2c2ncnc3sccc23)CN1. The molecule has 2 saturated heterocycles. The molecular formula is C15H18N4OS. The number of nitrogens with one attached hydrogen (secondary N) is 1. The van der Waals surface area contributed by atoms with Crippen LogP contribution in [0.25, 0.3) is 10.2 Å². The predicted molar refractivity (Wildman–Crippen MR) is 83.5 cm³/mol. The number of anilines is 1. The van der Waals surface area contributed by atoms with Crippen LogP contribution in [0.15, 0.2) is 17.8 Å². The van der Waals surface area contributed by atoms with E-state index >= 15 is 0 Å². The van der Waals surface area contributed by atoms with Crippen LogP contribution < -0.4 is 10.2 Å². The second kappa shape index (κ2) is 5.26. The molecule has 2 atom stereocenters. The van der Waals surface area contributed by atoms with Crippen molar-refractivity contribution in [1.29, 1.82) is 0 Å². The third-order valence-electron chi connectivity index (χ3n) is 4.62. The molecule has 2 aliphatic heterocycles. The number of nitrogens with zero attached hydrogens (tertiary/aromatic N) is 3. The number of aromatic nitrogens is 2. The maximum absolute atomic E-state index is 11.6. The third kappa shape index (κ3) is 2.27. The summed E-state index contributed by atoms with van der Waals surface area (Å²) < 4.78 is 0. The predicted octanol–water partition coefficient (Wildman–Crippen LogP) is 2.19. The van der Waals surface area contributed by atoms with Gasteiger partial charge < -0.3 is 10.2 Å². The Morgan fingerprint density at radius 1 is 1.33 bits per heavy atom. The van der Waals surface area contributed by atoms with E-state index in [4.69, 9.17) is 0 Å². The number of thiophene rings is 1. The van der Waals surface area contributed by atoms with Crippen LogP contribution in [0.2, 0.25) is 0 Å². The molecule has 0 bridgehead atoms. The summed E-state index contributed by atoms with van der Waals surface area (Å²) in [5, 5.41) is 6.19. The Kier molecular flexibility index (Phi) is 3.25. The minimum Gasteiger partial charge on any atom is -0.356 e. The molecule has 2 aliphatic rings. The topological polar surface area (TPSA) is 58.1 Å². The maximum atomic E-state index is 11.6. The maximum Gasteiger partial charge on any atom is 0.220 e. The van der Waals surface area contributed by atoms with Gasteiger partial charge in [0.05, 0.1) is 5.39 Å². The Labute approximate surface area is 127 Å². The Morgan fingerprint density at radius 3 is 3.14 bits per heavy atom. The minimum atomic E-state index is 0.189. The Morgan fingerprint density at radius 2 is 2.29 bits per heavy atom. The van der Waals surface area contributed by atoms with Gasteiger partial charge in [0.2, 0.25) is 5.91 Å². The zero-order chi connectivity index (χ0) is 14.2. The van der Waals surface area contributed by atoms with Gasteiger partial charge >= 0.3 is 0 Å². The summed E-state index contributed by atoms with van der Waals surface area (Å²) in [6, 6.07) is 2.52. The first kappa shape index (κ1) is 13.0. The van der Waals surface area contributed by atoms with Crippen LogP contribution >= 0.6 is 11.3 Å². The summed E-state index contributed by atoms with van der Waals surface area (Å²) in [5.74, 6) is 1.64. The number of amides is 1. The van der Waals surface area contributed by atoms with Crippen molar-refractivity contribution in [2.45, 2.75) is 31.7 Å². The lowest BCUT2D eigenvalue weighted by Crippen LogP contribution is -2.45. The highest BCUT2D eigenvalue weighted by atomic mass is 32.1. The molecule has 110 valence electrons. The molecule has 5 nitrogen and oxygen atoms in total. The van der Waals surface area contributed by atoms with Crippen LogP contribution in [-0.2, 0) is 4.79 Å². The normalized spacial score (nSPS) is 26.3. The standard InChI is InChI=1S/C15H18N4OS/c20-13-7-10(8-16-13)12-3-1-2-5-19(12)14-11-4-6-21-15(11)18-9-17-14/h4,6,9-10,12H,1-3,5,7-8H2,(H,16,20)/t10-,12+/m1/s1. The van der Waals surface area contributed by atoms with Gasteiger partial charge in [-0.25, -0.2) is 9.97 Å². The van der Waals surface area contributed by atoms with E-state index in [2.05, 4.69) is 31.6 Å². The van der Waals surface area contributed by atoms with Crippen molar-refractivity contribution >= 4 is 33.3 Å². The van der Waals surface area contributed by atoms with Crippen molar-refractivity contribution < 1.29 is 4.79 Å². The van der Waals surface area contributed by atoms with Crippen molar-refractivity contribution in [1.82, 2.24) is 15.3 Å². The van der Waals surface area contributed by atoms with Crippen molar-refractivity contribution in [3.63, 3.8) is 0 Å². The number of rotatable bonds is 2. The molecule has 2 aromatic heterocycles. The van der Waals surface area contributed by atoms with Gasteiger partial charge in [-0.05, 0) is 30.7 Å². The Balaban J connectivity index is 1.70. The molecule has 0 saturated carbocycles. The lowest BCUT2D eigenvalue weighted by molar-refractivity contribution is -0.119. The van der Waals surface area contributed by atoms with E-state index < -0.39 is 0 Å². The molecule has 0 aromatic carbocycles.